The summed E-state index contributed by atoms with van der Waals surface area (Å²) in [6.07, 6.45) is 1.19. The van der Waals surface area contributed by atoms with Crippen LogP contribution in [0.5, 0.6) is 0 Å². The lowest BCUT2D eigenvalue weighted by molar-refractivity contribution is 0.309. The van der Waals surface area contributed by atoms with E-state index in [0.717, 1.165) is 13.1 Å². The van der Waals surface area contributed by atoms with E-state index in [9.17, 15) is 0 Å². The summed E-state index contributed by atoms with van der Waals surface area (Å²) in [5.74, 6) is 0. The largest absolute Gasteiger partial charge is 0.276 e. The first-order chi connectivity index (χ1) is 9.11. The minimum absolute atomic E-state index is 0.214. The molecule has 1 aliphatic heterocycles. The lowest BCUT2D eigenvalue weighted by Gasteiger charge is -2.19. The van der Waals surface area contributed by atoms with Crippen LogP contribution in [-0.4, -0.2) is 26.2 Å². The van der Waals surface area contributed by atoms with E-state index in [1.807, 2.05) is 6.07 Å². The fourth-order valence-corrected chi connectivity index (χ4v) is 3.48. The van der Waals surface area contributed by atoms with Gasteiger partial charge in [-0.05, 0) is 12.0 Å². The Balaban J connectivity index is 1.78. The van der Waals surface area contributed by atoms with E-state index < -0.39 is 8.07 Å². The van der Waals surface area contributed by atoms with Crippen molar-refractivity contribution in [2.24, 2.45) is 10.3 Å². The molecule has 4 heteroatoms. The summed E-state index contributed by atoms with van der Waals surface area (Å²) in [6, 6.07) is 11.9. The van der Waals surface area contributed by atoms with Gasteiger partial charge in [-0.25, -0.2) is 0 Å². The van der Waals surface area contributed by atoms with Crippen molar-refractivity contribution in [1.82, 2.24) is 5.01 Å². The second kappa shape index (κ2) is 6.15. The third kappa shape index (κ3) is 4.03. The summed E-state index contributed by atoms with van der Waals surface area (Å²) >= 11 is 0. The van der Waals surface area contributed by atoms with Crippen LogP contribution in [-0.2, 0) is 0 Å². The Morgan fingerprint density at radius 2 is 2.11 bits per heavy atom. The van der Waals surface area contributed by atoms with Crippen molar-refractivity contribution in [1.29, 1.82) is 0 Å². The normalized spacial score (nSPS) is 18.8. The van der Waals surface area contributed by atoms with E-state index in [4.69, 9.17) is 0 Å². The molecule has 102 valence electrons. The Hall–Kier alpha value is -1.42. The van der Waals surface area contributed by atoms with Crippen LogP contribution in [0.3, 0.4) is 0 Å². The average Bonchev–Trinajstić information content (AvgIpc) is 2.88. The van der Waals surface area contributed by atoms with Crippen molar-refractivity contribution in [2.45, 2.75) is 31.6 Å². The lowest BCUT2D eigenvalue weighted by Crippen LogP contribution is -2.25. The third-order valence-corrected chi connectivity index (χ3v) is 6.42. The summed E-state index contributed by atoms with van der Waals surface area (Å²) in [5.41, 5.74) is 3.43. The Morgan fingerprint density at radius 3 is 2.79 bits per heavy atom. The summed E-state index contributed by atoms with van der Waals surface area (Å²) in [7, 11) is -1.17. The van der Waals surface area contributed by atoms with E-state index in [0.29, 0.717) is 0 Å². The summed E-state index contributed by atoms with van der Waals surface area (Å²) in [6.45, 7) is 10.6. The number of rotatable bonds is 6. The van der Waals surface area contributed by atoms with E-state index in [1.54, 1.807) is 0 Å². The zero-order valence-electron chi connectivity index (χ0n) is 11.9. The Bertz CT molecular complexity index is 442. The van der Waals surface area contributed by atoms with Gasteiger partial charge < -0.3 is 0 Å². The monoisotopic (exact) mass is 273 g/mol. The van der Waals surface area contributed by atoms with Crippen molar-refractivity contribution in [2.75, 3.05) is 13.1 Å². The van der Waals surface area contributed by atoms with Crippen molar-refractivity contribution in [3.05, 3.63) is 48.2 Å². The maximum atomic E-state index is 4.36. The highest BCUT2D eigenvalue weighted by Crippen LogP contribution is 2.25. The molecule has 0 amide bonds. The van der Waals surface area contributed by atoms with Gasteiger partial charge in [-0.15, -0.1) is 12.3 Å². The van der Waals surface area contributed by atoms with Gasteiger partial charge in [0.05, 0.1) is 14.6 Å². The first-order valence-corrected chi connectivity index (χ1v) is 10.2. The maximum absolute atomic E-state index is 4.36. The molecule has 0 spiro atoms. The van der Waals surface area contributed by atoms with Crippen LogP contribution in [0.1, 0.15) is 18.0 Å². The van der Waals surface area contributed by atoms with Gasteiger partial charge in [0.1, 0.15) is 6.04 Å². The van der Waals surface area contributed by atoms with Crippen molar-refractivity contribution < 1.29 is 0 Å². The van der Waals surface area contributed by atoms with E-state index in [-0.39, 0.29) is 6.04 Å². The second-order valence-electron chi connectivity index (χ2n) is 5.84. The van der Waals surface area contributed by atoms with Crippen LogP contribution in [0.15, 0.2) is 52.9 Å². The first kappa shape index (κ1) is 14.0. The van der Waals surface area contributed by atoms with Crippen LogP contribution in [0.2, 0.25) is 19.1 Å². The molecule has 1 aliphatic rings. The molecular formula is C15H23N3Si. The second-order valence-corrected chi connectivity index (χ2v) is 10.7. The molecule has 0 saturated heterocycles. The fraction of sp³-hybridized carbons (Fsp3) is 0.467. The molecule has 3 nitrogen and oxygen atoms in total. The minimum Gasteiger partial charge on any atom is -0.276 e. The predicted octanol–water partition coefficient (Wildman–Crippen LogP) is 4.23. The van der Waals surface area contributed by atoms with E-state index >= 15 is 0 Å². The van der Waals surface area contributed by atoms with Crippen LogP contribution in [0, 0.1) is 0 Å². The van der Waals surface area contributed by atoms with Crippen LogP contribution in [0.25, 0.3) is 0 Å². The Kier molecular flexibility index (Phi) is 4.53. The van der Waals surface area contributed by atoms with Crippen molar-refractivity contribution in [3.63, 3.8) is 0 Å². The molecule has 1 atom stereocenters. The summed E-state index contributed by atoms with van der Waals surface area (Å²) in [5, 5.41) is 10.8. The van der Waals surface area contributed by atoms with Gasteiger partial charge in [0.15, 0.2) is 0 Å². The van der Waals surface area contributed by atoms with E-state index in [1.165, 1.54) is 18.0 Å². The third-order valence-electron chi connectivity index (χ3n) is 3.68. The molecule has 0 radical (unpaired) electrons. The maximum Gasteiger partial charge on any atom is 0.117 e. The number of hydrogen-bond acceptors (Lipinski definition) is 3. The van der Waals surface area contributed by atoms with Gasteiger partial charge in [0, 0.05) is 6.54 Å². The minimum atomic E-state index is -1.17. The first-order valence-electron chi connectivity index (χ1n) is 6.95. The van der Waals surface area contributed by atoms with Gasteiger partial charge >= 0.3 is 0 Å². The van der Waals surface area contributed by atoms with Crippen LogP contribution >= 0.6 is 0 Å². The molecule has 0 fully saturated rings. The van der Waals surface area contributed by atoms with Crippen molar-refractivity contribution >= 4 is 8.07 Å². The van der Waals surface area contributed by atoms with Crippen LogP contribution < -0.4 is 0 Å². The van der Waals surface area contributed by atoms with Gasteiger partial charge in [0.2, 0.25) is 0 Å². The molecule has 0 N–H and O–H groups in total. The molecule has 0 saturated carbocycles. The smallest absolute Gasteiger partial charge is 0.117 e. The Morgan fingerprint density at radius 1 is 1.37 bits per heavy atom. The molecule has 1 unspecified atom stereocenters. The topological polar surface area (TPSA) is 28.0 Å². The van der Waals surface area contributed by atoms with Gasteiger partial charge in [-0.1, -0.05) is 54.7 Å². The molecule has 0 bridgehead atoms. The summed E-state index contributed by atoms with van der Waals surface area (Å²) < 4.78 is 0. The lowest BCUT2D eigenvalue weighted by atomic mass is 10.1. The zero-order valence-corrected chi connectivity index (χ0v) is 12.9. The molecule has 1 heterocycles. The molecule has 2 rings (SSSR count). The highest BCUT2D eigenvalue weighted by atomic mass is 28.3. The van der Waals surface area contributed by atoms with Gasteiger partial charge in [-0.2, -0.15) is 5.11 Å². The fourth-order valence-electron chi connectivity index (χ4n) is 2.21. The zero-order chi connectivity index (χ0) is 13.7. The number of hydrogen-bond donors (Lipinski definition) is 0. The molecule has 0 aliphatic carbocycles. The molecular weight excluding hydrogens is 250 g/mol. The van der Waals surface area contributed by atoms with Gasteiger partial charge in [-0.3, -0.25) is 5.01 Å². The average molecular weight is 273 g/mol. The van der Waals surface area contributed by atoms with Crippen LogP contribution in [0.4, 0.5) is 0 Å². The van der Waals surface area contributed by atoms with E-state index in [2.05, 4.69) is 65.0 Å². The predicted molar refractivity (Wildman–Crippen MR) is 82.7 cm³/mol. The molecule has 0 aromatic heterocycles. The highest BCUT2D eigenvalue weighted by molar-refractivity contribution is 6.82. The quantitative estimate of drug-likeness (QED) is 0.713. The SMILES string of the molecule is C=C[Si](C)(C)CCCN1CC(c2ccccc2)N=N1. The molecule has 19 heavy (non-hydrogen) atoms. The standard InChI is InChI=1S/C15H23N3Si/c1-4-19(2,3)12-8-11-18-13-15(16-17-18)14-9-6-5-7-10-14/h4-7,9-10,15H,1,8,11-13H2,2-3H3. The summed E-state index contributed by atoms with van der Waals surface area (Å²) in [4.78, 5) is 0. The molecule has 1 aromatic carbocycles. The van der Waals surface area contributed by atoms with Crippen molar-refractivity contribution in [3.8, 4) is 0 Å². The highest BCUT2D eigenvalue weighted by Gasteiger charge is 2.21. The number of benzene rings is 1. The molecule has 1 aromatic rings. The Labute approximate surface area is 117 Å². The number of nitrogens with zero attached hydrogens (tertiary/aromatic N) is 3. The van der Waals surface area contributed by atoms with Gasteiger partial charge in [0.25, 0.3) is 0 Å².